The highest BCUT2D eigenvalue weighted by atomic mass is 19.4. The molecule has 0 bridgehead atoms. The van der Waals surface area contributed by atoms with Gasteiger partial charge in [0.05, 0.1) is 23.2 Å². The van der Waals surface area contributed by atoms with Gasteiger partial charge >= 0.3 is 17.8 Å². The second-order valence-electron chi connectivity index (χ2n) is 4.56. The van der Waals surface area contributed by atoms with Crippen molar-refractivity contribution in [2.45, 2.75) is 6.18 Å². The minimum absolute atomic E-state index is 0.0828. The van der Waals surface area contributed by atoms with E-state index in [4.69, 9.17) is 4.74 Å². The Hall–Kier alpha value is -3.10. The quantitative estimate of drug-likeness (QED) is 0.473. The Morgan fingerprint density at radius 3 is 2.46 bits per heavy atom. The van der Waals surface area contributed by atoms with Gasteiger partial charge in [0.25, 0.3) is 0 Å². The van der Waals surface area contributed by atoms with E-state index < -0.39 is 28.3 Å². The normalized spacial score (nSPS) is 11.0. The van der Waals surface area contributed by atoms with Gasteiger partial charge in [-0.1, -0.05) is 6.07 Å². The van der Waals surface area contributed by atoms with Crippen molar-refractivity contribution in [3.8, 4) is 11.5 Å². The van der Waals surface area contributed by atoms with E-state index in [1.54, 1.807) is 0 Å². The zero-order valence-electron chi connectivity index (χ0n) is 12.2. The molecule has 0 atom stereocenters. The molecule has 0 aliphatic carbocycles. The first kappa shape index (κ1) is 17.3. The Balaban J connectivity index is 2.39. The SMILES string of the molecule is COC(=O)c1ccc(Oc2cccc(C(F)(F)F)c2)c([N+](=O)[O-])c1. The molecule has 2 aromatic carbocycles. The maximum Gasteiger partial charge on any atom is 0.416 e. The molecule has 0 aliphatic rings. The maximum absolute atomic E-state index is 12.7. The van der Waals surface area contributed by atoms with Crippen LogP contribution in [-0.2, 0) is 10.9 Å². The van der Waals surface area contributed by atoms with Crippen molar-refractivity contribution in [3.63, 3.8) is 0 Å². The Bertz CT molecular complexity index is 789. The molecule has 9 heteroatoms. The van der Waals surface area contributed by atoms with E-state index in [1.165, 1.54) is 12.1 Å². The number of nitro benzene ring substituents is 1. The smallest absolute Gasteiger partial charge is 0.416 e. The highest BCUT2D eigenvalue weighted by Gasteiger charge is 2.31. The van der Waals surface area contributed by atoms with Crippen molar-refractivity contribution in [2.24, 2.45) is 0 Å². The summed E-state index contributed by atoms with van der Waals surface area (Å²) in [4.78, 5) is 21.7. The Morgan fingerprint density at radius 1 is 1.17 bits per heavy atom. The number of rotatable bonds is 4. The lowest BCUT2D eigenvalue weighted by molar-refractivity contribution is -0.385. The van der Waals surface area contributed by atoms with Crippen LogP contribution in [0.3, 0.4) is 0 Å². The molecule has 6 nitrogen and oxygen atoms in total. The largest absolute Gasteiger partial charge is 0.465 e. The fourth-order valence-corrected chi connectivity index (χ4v) is 1.85. The van der Waals surface area contributed by atoms with Crippen LogP contribution in [0.25, 0.3) is 0 Å². The molecular weight excluding hydrogens is 331 g/mol. The van der Waals surface area contributed by atoms with Gasteiger partial charge in [-0.3, -0.25) is 10.1 Å². The number of carbonyl (C=O) groups excluding carboxylic acids is 1. The summed E-state index contributed by atoms with van der Waals surface area (Å²) in [6, 6.07) is 7.17. The summed E-state index contributed by atoms with van der Waals surface area (Å²) in [5.41, 5.74) is -1.61. The number of benzene rings is 2. The van der Waals surface area contributed by atoms with E-state index in [9.17, 15) is 28.1 Å². The Kier molecular flexibility index (Phi) is 4.72. The van der Waals surface area contributed by atoms with Crippen LogP contribution in [0.2, 0.25) is 0 Å². The minimum Gasteiger partial charge on any atom is -0.465 e. The number of carbonyl (C=O) groups is 1. The van der Waals surface area contributed by atoms with Crippen LogP contribution < -0.4 is 4.74 Å². The van der Waals surface area contributed by atoms with Crippen LogP contribution in [0.15, 0.2) is 42.5 Å². The Morgan fingerprint density at radius 2 is 1.88 bits per heavy atom. The van der Waals surface area contributed by atoms with E-state index in [0.717, 1.165) is 37.4 Å². The van der Waals surface area contributed by atoms with Gasteiger partial charge in [0.15, 0.2) is 0 Å². The van der Waals surface area contributed by atoms with Crippen molar-refractivity contribution in [3.05, 3.63) is 63.7 Å². The topological polar surface area (TPSA) is 78.7 Å². The van der Waals surface area contributed by atoms with Crippen molar-refractivity contribution < 1.29 is 32.4 Å². The minimum atomic E-state index is -4.57. The standard InChI is InChI=1S/C15H10F3NO5/c1-23-14(20)9-5-6-13(12(7-9)19(21)22)24-11-4-2-3-10(8-11)15(16,17)18/h2-8H,1H3. The van der Waals surface area contributed by atoms with Crippen LogP contribution in [-0.4, -0.2) is 18.0 Å². The van der Waals surface area contributed by atoms with E-state index in [-0.39, 0.29) is 17.1 Å². The number of hydrogen-bond donors (Lipinski definition) is 0. The highest BCUT2D eigenvalue weighted by Crippen LogP contribution is 2.35. The van der Waals surface area contributed by atoms with Gasteiger partial charge in [-0.25, -0.2) is 4.79 Å². The van der Waals surface area contributed by atoms with Crippen molar-refractivity contribution in [1.82, 2.24) is 0 Å². The summed E-state index contributed by atoms with van der Waals surface area (Å²) in [5.74, 6) is -1.31. The summed E-state index contributed by atoms with van der Waals surface area (Å²) < 4.78 is 47.7. The second-order valence-corrected chi connectivity index (χ2v) is 4.56. The lowest BCUT2D eigenvalue weighted by Crippen LogP contribution is -2.05. The van der Waals surface area contributed by atoms with Gasteiger partial charge in [-0.2, -0.15) is 13.2 Å². The zero-order chi connectivity index (χ0) is 17.9. The molecule has 0 unspecified atom stereocenters. The number of esters is 1. The molecule has 0 N–H and O–H groups in total. The molecule has 24 heavy (non-hydrogen) atoms. The predicted octanol–water partition coefficient (Wildman–Crippen LogP) is 4.19. The summed E-state index contributed by atoms with van der Waals surface area (Å²) in [7, 11) is 1.11. The third-order valence-electron chi connectivity index (χ3n) is 2.97. The van der Waals surface area contributed by atoms with E-state index >= 15 is 0 Å². The molecule has 0 spiro atoms. The van der Waals surface area contributed by atoms with Crippen LogP contribution in [0.1, 0.15) is 15.9 Å². The van der Waals surface area contributed by atoms with Crippen molar-refractivity contribution >= 4 is 11.7 Å². The van der Waals surface area contributed by atoms with Crippen LogP contribution in [0, 0.1) is 10.1 Å². The van der Waals surface area contributed by atoms with Crippen LogP contribution >= 0.6 is 0 Å². The lowest BCUT2D eigenvalue weighted by atomic mass is 10.2. The first-order valence-electron chi connectivity index (χ1n) is 6.44. The molecule has 0 aromatic heterocycles. The average Bonchev–Trinajstić information content (AvgIpc) is 2.53. The van der Waals surface area contributed by atoms with Crippen LogP contribution in [0.5, 0.6) is 11.5 Å². The van der Waals surface area contributed by atoms with E-state index in [2.05, 4.69) is 4.74 Å². The fourth-order valence-electron chi connectivity index (χ4n) is 1.85. The molecule has 2 aromatic rings. The third kappa shape index (κ3) is 3.80. The van der Waals surface area contributed by atoms with Gasteiger partial charge in [0.1, 0.15) is 5.75 Å². The number of hydrogen-bond acceptors (Lipinski definition) is 5. The molecule has 2 rings (SSSR count). The zero-order valence-corrected chi connectivity index (χ0v) is 12.2. The Labute approximate surface area is 133 Å². The molecule has 0 amide bonds. The number of alkyl halides is 3. The van der Waals surface area contributed by atoms with Crippen molar-refractivity contribution in [1.29, 1.82) is 0 Å². The number of methoxy groups -OCH3 is 1. The van der Waals surface area contributed by atoms with E-state index in [0.29, 0.717) is 0 Å². The van der Waals surface area contributed by atoms with Gasteiger partial charge in [0.2, 0.25) is 5.75 Å². The number of nitrogens with zero attached hydrogens (tertiary/aromatic N) is 1. The predicted molar refractivity (Wildman–Crippen MR) is 76.0 cm³/mol. The van der Waals surface area contributed by atoms with Gasteiger partial charge in [0, 0.05) is 6.07 Å². The first-order valence-corrected chi connectivity index (χ1v) is 6.44. The molecular formula is C15H10F3NO5. The van der Waals surface area contributed by atoms with E-state index in [1.807, 2.05) is 0 Å². The molecule has 0 aliphatic heterocycles. The van der Waals surface area contributed by atoms with Gasteiger partial charge < -0.3 is 9.47 Å². The number of halogens is 3. The summed E-state index contributed by atoms with van der Waals surface area (Å²) >= 11 is 0. The molecule has 0 saturated heterocycles. The average molecular weight is 341 g/mol. The van der Waals surface area contributed by atoms with Gasteiger partial charge in [-0.15, -0.1) is 0 Å². The molecule has 0 fully saturated rings. The maximum atomic E-state index is 12.7. The second kappa shape index (κ2) is 6.57. The number of ether oxygens (including phenoxy) is 2. The lowest BCUT2D eigenvalue weighted by Gasteiger charge is -2.10. The molecule has 0 radical (unpaired) electrons. The fraction of sp³-hybridized carbons (Fsp3) is 0.133. The van der Waals surface area contributed by atoms with Crippen LogP contribution in [0.4, 0.5) is 18.9 Å². The molecule has 0 saturated carbocycles. The summed E-state index contributed by atoms with van der Waals surface area (Å²) in [5, 5.41) is 11.1. The monoisotopic (exact) mass is 341 g/mol. The summed E-state index contributed by atoms with van der Waals surface area (Å²) in [6.45, 7) is 0. The summed E-state index contributed by atoms with van der Waals surface area (Å²) in [6.07, 6.45) is -4.57. The van der Waals surface area contributed by atoms with Crippen molar-refractivity contribution in [2.75, 3.05) is 7.11 Å². The first-order chi connectivity index (χ1) is 11.2. The number of nitro groups is 1. The van der Waals surface area contributed by atoms with Gasteiger partial charge in [-0.05, 0) is 30.3 Å². The molecule has 126 valence electrons. The highest BCUT2D eigenvalue weighted by molar-refractivity contribution is 5.90. The third-order valence-corrected chi connectivity index (χ3v) is 2.97. The molecule has 0 heterocycles.